The first kappa shape index (κ1) is 16.4. The number of para-hydroxylation sites is 1. The number of rotatable bonds is 6. The van der Waals surface area contributed by atoms with Crippen LogP contribution in [0.2, 0.25) is 0 Å². The molecule has 7 heteroatoms. The van der Waals surface area contributed by atoms with Crippen molar-refractivity contribution in [3.8, 4) is 28.3 Å². The number of carbonyl (C=O) groups excluding carboxylic acids is 1. The number of aromatic amines is 1. The minimum atomic E-state index is -0.718. The lowest BCUT2D eigenvalue weighted by Gasteiger charge is -2.11. The summed E-state index contributed by atoms with van der Waals surface area (Å²) in [6.07, 6.45) is 1.61. The minimum Gasteiger partial charge on any atom is -0.489 e. The summed E-state index contributed by atoms with van der Waals surface area (Å²) < 4.78 is 20.0. The quantitative estimate of drug-likeness (QED) is 0.676. The van der Waals surface area contributed by atoms with Gasteiger partial charge in [0, 0.05) is 16.7 Å². The highest BCUT2D eigenvalue weighted by Crippen LogP contribution is 2.34. The van der Waals surface area contributed by atoms with Gasteiger partial charge in [-0.3, -0.25) is 9.89 Å². The maximum atomic E-state index is 14.4. The third kappa shape index (κ3) is 3.40. The van der Waals surface area contributed by atoms with Crippen molar-refractivity contribution in [3.63, 3.8) is 0 Å². The second-order valence-electron chi connectivity index (χ2n) is 5.16. The highest BCUT2D eigenvalue weighted by molar-refractivity contribution is 5.89. The van der Waals surface area contributed by atoms with Crippen LogP contribution in [0.15, 0.2) is 55.1 Å². The van der Waals surface area contributed by atoms with Crippen LogP contribution in [0.4, 0.5) is 4.39 Å². The molecule has 25 heavy (non-hydrogen) atoms. The monoisotopic (exact) mass is 338 g/mol. The van der Waals surface area contributed by atoms with Gasteiger partial charge in [0.15, 0.2) is 5.82 Å². The van der Waals surface area contributed by atoms with Gasteiger partial charge in [-0.25, -0.2) is 9.37 Å². The third-order valence-corrected chi connectivity index (χ3v) is 3.48. The second-order valence-corrected chi connectivity index (χ2v) is 5.16. The van der Waals surface area contributed by atoms with Crippen molar-refractivity contribution in [2.24, 2.45) is 5.73 Å². The topological polar surface area (TPSA) is 93.9 Å². The van der Waals surface area contributed by atoms with Gasteiger partial charge in [0.2, 0.25) is 5.82 Å². The molecule has 6 nitrogen and oxygen atoms in total. The Morgan fingerprint density at radius 1 is 1.28 bits per heavy atom. The molecule has 1 aromatic heterocycles. The molecule has 0 radical (unpaired) electrons. The van der Waals surface area contributed by atoms with Crippen molar-refractivity contribution >= 4 is 5.91 Å². The predicted octanol–water partition coefficient (Wildman–Crippen LogP) is 2.94. The molecule has 3 aromatic rings. The molecule has 0 aliphatic heterocycles. The zero-order chi connectivity index (χ0) is 17.8. The average molecular weight is 338 g/mol. The summed E-state index contributed by atoms with van der Waals surface area (Å²) >= 11 is 0. The number of benzene rings is 2. The van der Waals surface area contributed by atoms with Gasteiger partial charge in [-0.2, -0.15) is 5.10 Å². The number of primary amides is 1. The van der Waals surface area contributed by atoms with Crippen LogP contribution >= 0.6 is 0 Å². The zero-order valence-electron chi connectivity index (χ0n) is 13.2. The van der Waals surface area contributed by atoms with Crippen LogP contribution in [0, 0.1) is 5.82 Å². The van der Waals surface area contributed by atoms with E-state index in [9.17, 15) is 9.18 Å². The van der Waals surface area contributed by atoms with Gasteiger partial charge < -0.3 is 10.5 Å². The molecular weight excluding hydrogens is 323 g/mol. The van der Waals surface area contributed by atoms with Crippen LogP contribution in [0.25, 0.3) is 22.5 Å². The number of nitrogens with two attached hydrogens (primary N) is 1. The number of aromatic nitrogens is 3. The SMILES string of the molecule is C=CCOc1ccccc1-c1cc(-c2n[nH]c(C(N)=O)n2)ccc1F. The highest BCUT2D eigenvalue weighted by atomic mass is 19.1. The van der Waals surface area contributed by atoms with Gasteiger partial charge in [0.1, 0.15) is 18.2 Å². The molecule has 1 amide bonds. The first-order valence-electron chi connectivity index (χ1n) is 7.45. The molecule has 0 aliphatic rings. The fourth-order valence-electron chi connectivity index (χ4n) is 2.34. The molecule has 1 heterocycles. The molecule has 0 bridgehead atoms. The fraction of sp³-hybridized carbons (Fsp3) is 0.0556. The Labute approximate surface area is 143 Å². The number of hydrogen-bond acceptors (Lipinski definition) is 4. The Balaban J connectivity index is 2.05. The van der Waals surface area contributed by atoms with E-state index in [1.807, 2.05) is 0 Å². The molecule has 0 spiro atoms. The van der Waals surface area contributed by atoms with Crippen molar-refractivity contribution in [1.82, 2.24) is 15.2 Å². The molecule has 0 saturated heterocycles. The van der Waals surface area contributed by atoms with E-state index in [4.69, 9.17) is 10.5 Å². The van der Waals surface area contributed by atoms with Gasteiger partial charge in [-0.1, -0.05) is 30.9 Å². The smallest absolute Gasteiger partial charge is 0.286 e. The van der Waals surface area contributed by atoms with E-state index in [0.717, 1.165) is 0 Å². The summed E-state index contributed by atoms with van der Waals surface area (Å²) in [7, 11) is 0. The molecule has 0 saturated carbocycles. The van der Waals surface area contributed by atoms with E-state index in [1.165, 1.54) is 12.1 Å². The molecule has 0 atom stereocenters. The van der Waals surface area contributed by atoms with Crippen molar-refractivity contribution in [1.29, 1.82) is 0 Å². The summed E-state index contributed by atoms with van der Waals surface area (Å²) in [5.74, 6) is -0.408. The number of nitrogens with one attached hydrogen (secondary N) is 1. The number of amides is 1. The number of hydrogen-bond donors (Lipinski definition) is 2. The number of nitrogens with zero attached hydrogens (tertiary/aromatic N) is 2. The number of H-pyrrole nitrogens is 1. The Morgan fingerprint density at radius 3 is 2.80 bits per heavy atom. The first-order valence-corrected chi connectivity index (χ1v) is 7.45. The normalized spacial score (nSPS) is 10.4. The molecule has 0 unspecified atom stereocenters. The molecule has 3 N–H and O–H groups in total. The fourth-order valence-corrected chi connectivity index (χ4v) is 2.34. The Morgan fingerprint density at radius 2 is 2.08 bits per heavy atom. The van der Waals surface area contributed by atoms with Crippen LogP contribution < -0.4 is 10.5 Å². The lowest BCUT2D eigenvalue weighted by molar-refractivity contribution is 0.0991. The largest absolute Gasteiger partial charge is 0.489 e. The molecule has 2 aromatic carbocycles. The molecule has 0 fully saturated rings. The third-order valence-electron chi connectivity index (χ3n) is 3.48. The molecule has 0 aliphatic carbocycles. The highest BCUT2D eigenvalue weighted by Gasteiger charge is 2.15. The summed E-state index contributed by atoms with van der Waals surface area (Å²) in [6.45, 7) is 3.92. The van der Waals surface area contributed by atoms with E-state index in [2.05, 4.69) is 21.8 Å². The summed E-state index contributed by atoms with van der Waals surface area (Å²) in [5, 5.41) is 6.39. The Hall–Kier alpha value is -3.48. The maximum absolute atomic E-state index is 14.4. The van der Waals surface area contributed by atoms with Crippen LogP contribution in [-0.4, -0.2) is 27.7 Å². The van der Waals surface area contributed by atoms with Crippen LogP contribution in [0.1, 0.15) is 10.6 Å². The summed E-state index contributed by atoms with van der Waals surface area (Å²) in [5.41, 5.74) is 6.63. The van der Waals surface area contributed by atoms with Gasteiger partial charge >= 0.3 is 0 Å². The second kappa shape index (κ2) is 6.96. The average Bonchev–Trinajstić information content (AvgIpc) is 3.11. The maximum Gasteiger partial charge on any atom is 0.286 e. The van der Waals surface area contributed by atoms with Crippen molar-refractivity contribution in [3.05, 3.63) is 66.8 Å². The lowest BCUT2D eigenvalue weighted by atomic mass is 10.0. The molecule has 126 valence electrons. The van der Waals surface area contributed by atoms with Gasteiger partial charge in [-0.05, 0) is 24.3 Å². The van der Waals surface area contributed by atoms with Crippen molar-refractivity contribution in [2.75, 3.05) is 6.61 Å². The van der Waals surface area contributed by atoms with Crippen LogP contribution in [-0.2, 0) is 0 Å². The van der Waals surface area contributed by atoms with Gasteiger partial charge in [0.25, 0.3) is 5.91 Å². The standard InChI is InChI=1S/C18H15FN4O2/c1-2-9-25-15-6-4-3-5-12(15)13-10-11(7-8-14(13)19)17-21-18(16(20)24)23-22-17/h2-8,10H,1,9H2,(H2,20,24)(H,21,22,23). The van der Waals surface area contributed by atoms with Crippen LogP contribution in [0.5, 0.6) is 5.75 Å². The van der Waals surface area contributed by atoms with E-state index in [1.54, 1.807) is 36.4 Å². The van der Waals surface area contributed by atoms with Crippen molar-refractivity contribution < 1.29 is 13.9 Å². The van der Waals surface area contributed by atoms with Gasteiger partial charge in [-0.15, -0.1) is 0 Å². The number of halogens is 1. The molecule has 3 rings (SSSR count). The first-order chi connectivity index (χ1) is 12.1. The van der Waals surface area contributed by atoms with E-state index in [0.29, 0.717) is 29.0 Å². The summed E-state index contributed by atoms with van der Waals surface area (Å²) in [6, 6.07) is 11.5. The Bertz CT molecular complexity index is 936. The van der Waals surface area contributed by atoms with Gasteiger partial charge in [0.05, 0.1) is 0 Å². The Kier molecular flexibility index (Phi) is 4.56. The van der Waals surface area contributed by atoms with Crippen LogP contribution in [0.3, 0.4) is 0 Å². The summed E-state index contributed by atoms with van der Waals surface area (Å²) in [4.78, 5) is 15.1. The minimum absolute atomic E-state index is 0.0596. The van der Waals surface area contributed by atoms with Crippen molar-refractivity contribution in [2.45, 2.75) is 0 Å². The predicted molar refractivity (Wildman–Crippen MR) is 91.4 cm³/mol. The number of carbonyl (C=O) groups is 1. The van der Waals surface area contributed by atoms with E-state index < -0.39 is 11.7 Å². The zero-order valence-corrected chi connectivity index (χ0v) is 13.2. The lowest BCUT2D eigenvalue weighted by Crippen LogP contribution is -2.12. The number of ether oxygens (including phenoxy) is 1. The van der Waals surface area contributed by atoms with E-state index >= 15 is 0 Å². The van der Waals surface area contributed by atoms with E-state index in [-0.39, 0.29) is 11.6 Å². The molecular formula is C18H15FN4O2.